The number of amides is 1. The van der Waals surface area contributed by atoms with Crippen molar-refractivity contribution in [2.45, 2.75) is 52.5 Å². The Hall–Kier alpha value is -1.36. The fraction of sp³-hybridized carbons (Fsp3) is 0.692. The van der Waals surface area contributed by atoms with Gasteiger partial charge in [-0.3, -0.25) is 4.79 Å². The van der Waals surface area contributed by atoms with Gasteiger partial charge in [0.2, 0.25) is 5.91 Å². The van der Waals surface area contributed by atoms with Gasteiger partial charge in [0, 0.05) is 17.6 Å². The van der Waals surface area contributed by atoms with E-state index in [-0.39, 0.29) is 11.4 Å². The Labute approximate surface area is 108 Å². The number of rotatable bonds is 6. The van der Waals surface area contributed by atoms with Crippen LogP contribution in [0.5, 0.6) is 0 Å². The van der Waals surface area contributed by atoms with Crippen molar-refractivity contribution in [3.8, 4) is 0 Å². The molecule has 1 amide bonds. The first-order valence-electron chi connectivity index (χ1n) is 6.39. The monoisotopic (exact) mass is 253 g/mol. The van der Waals surface area contributed by atoms with Crippen LogP contribution in [0.25, 0.3) is 0 Å². The SMILES string of the molecule is CCC(N)(CC)CNC(=O)Cc1c(C)noc1C. The third kappa shape index (κ3) is 3.57. The average Bonchev–Trinajstić information content (AvgIpc) is 2.68. The Morgan fingerprint density at radius 1 is 1.39 bits per heavy atom. The molecule has 0 spiro atoms. The van der Waals surface area contributed by atoms with Crippen LogP contribution in [0.15, 0.2) is 4.52 Å². The number of nitrogens with zero attached hydrogens (tertiary/aromatic N) is 1. The molecule has 5 nitrogen and oxygen atoms in total. The van der Waals surface area contributed by atoms with Crippen molar-refractivity contribution in [3.63, 3.8) is 0 Å². The minimum Gasteiger partial charge on any atom is -0.361 e. The molecule has 1 heterocycles. The summed E-state index contributed by atoms with van der Waals surface area (Å²) >= 11 is 0. The van der Waals surface area contributed by atoms with Crippen LogP contribution in [0, 0.1) is 13.8 Å². The van der Waals surface area contributed by atoms with Gasteiger partial charge in [-0.1, -0.05) is 19.0 Å². The van der Waals surface area contributed by atoms with E-state index < -0.39 is 0 Å². The van der Waals surface area contributed by atoms with Crippen molar-refractivity contribution in [2.75, 3.05) is 6.54 Å². The highest BCUT2D eigenvalue weighted by Gasteiger charge is 2.21. The van der Waals surface area contributed by atoms with Crippen LogP contribution in [-0.2, 0) is 11.2 Å². The van der Waals surface area contributed by atoms with Gasteiger partial charge in [-0.15, -0.1) is 0 Å². The van der Waals surface area contributed by atoms with E-state index in [4.69, 9.17) is 10.3 Å². The predicted octanol–water partition coefficient (Wildman–Crippen LogP) is 1.47. The van der Waals surface area contributed by atoms with Gasteiger partial charge in [-0.05, 0) is 26.7 Å². The second-order valence-electron chi connectivity index (χ2n) is 4.83. The lowest BCUT2D eigenvalue weighted by Gasteiger charge is -2.26. The van der Waals surface area contributed by atoms with E-state index in [2.05, 4.69) is 10.5 Å². The van der Waals surface area contributed by atoms with Gasteiger partial charge in [0.15, 0.2) is 0 Å². The highest BCUT2D eigenvalue weighted by Crippen LogP contribution is 2.13. The minimum absolute atomic E-state index is 0.0406. The second kappa shape index (κ2) is 6.00. The van der Waals surface area contributed by atoms with Gasteiger partial charge in [0.05, 0.1) is 12.1 Å². The summed E-state index contributed by atoms with van der Waals surface area (Å²) in [6.45, 7) is 8.22. The molecule has 3 N–H and O–H groups in total. The van der Waals surface area contributed by atoms with Crippen molar-refractivity contribution in [1.82, 2.24) is 10.5 Å². The molecule has 0 saturated carbocycles. The first-order chi connectivity index (χ1) is 8.41. The van der Waals surface area contributed by atoms with Crippen molar-refractivity contribution in [2.24, 2.45) is 5.73 Å². The van der Waals surface area contributed by atoms with Crippen LogP contribution in [0.1, 0.15) is 43.7 Å². The fourth-order valence-electron chi connectivity index (χ4n) is 1.75. The summed E-state index contributed by atoms with van der Waals surface area (Å²) in [5.41, 5.74) is 7.46. The standard InChI is InChI=1S/C13H23N3O2/c1-5-13(14,6-2)8-15-12(17)7-11-9(3)16-18-10(11)4/h5-8,14H2,1-4H3,(H,15,17). The topological polar surface area (TPSA) is 81.1 Å². The van der Waals surface area contributed by atoms with E-state index in [9.17, 15) is 4.79 Å². The van der Waals surface area contributed by atoms with Crippen LogP contribution >= 0.6 is 0 Å². The number of aromatic nitrogens is 1. The van der Waals surface area contributed by atoms with Crippen molar-refractivity contribution >= 4 is 5.91 Å². The Morgan fingerprint density at radius 3 is 2.44 bits per heavy atom. The summed E-state index contributed by atoms with van der Waals surface area (Å²) < 4.78 is 5.03. The molecule has 1 aromatic rings. The highest BCUT2D eigenvalue weighted by molar-refractivity contribution is 5.79. The molecule has 0 radical (unpaired) electrons. The Morgan fingerprint density at radius 2 is 2.00 bits per heavy atom. The quantitative estimate of drug-likeness (QED) is 0.804. The second-order valence-corrected chi connectivity index (χ2v) is 4.83. The molecular formula is C13H23N3O2. The van der Waals surface area contributed by atoms with E-state index in [0.717, 1.165) is 24.1 Å². The van der Waals surface area contributed by atoms with Crippen LogP contribution in [0.2, 0.25) is 0 Å². The van der Waals surface area contributed by atoms with Crippen LogP contribution < -0.4 is 11.1 Å². The third-order valence-electron chi connectivity index (χ3n) is 3.56. The molecule has 0 aliphatic carbocycles. The smallest absolute Gasteiger partial charge is 0.224 e. The summed E-state index contributed by atoms with van der Waals surface area (Å²) in [5.74, 6) is 0.661. The molecule has 0 atom stereocenters. The number of nitrogens with two attached hydrogens (primary N) is 1. The largest absolute Gasteiger partial charge is 0.361 e. The van der Waals surface area contributed by atoms with Crippen LogP contribution in [0.4, 0.5) is 0 Å². The molecule has 102 valence electrons. The number of hydrogen-bond donors (Lipinski definition) is 2. The Bertz CT molecular complexity index is 389. The maximum absolute atomic E-state index is 11.9. The lowest BCUT2D eigenvalue weighted by Crippen LogP contribution is -2.49. The first kappa shape index (κ1) is 14.7. The average molecular weight is 253 g/mol. The molecule has 0 bridgehead atoms. The molecule has 0 fully saturated rings. The van der Waals surface area contributed by atoms with Gasteiger partial charge in [-0.25, -0.2) is 0 Å². The molecule has 0 aromatic carbocycles. The van der Waals surface area contributed by atoms with Crippen molar-refractivity contribution in [3.05, 3.63) is 17.0 Å². The molecule has 0 saturated heterocycles. The van der Waals surface area contributed by atoms with Crippen molar-refractivity contribution in [1.29, 1.82) is 0 Å². The Balaban J connectivity index is 2.53. The normalized spacial score (nSPS) is 11.6. The number of carbonyl (C=O) groups excluding carboxylic acids is 1. The van der Waals surface area contributed by atoms with Crippen LogP contribution in [0.3, 0.4) is 0 Å². The number of aryl methyl sites for hydroxylation is 2. The summed E-state index contributed by atoms with van der Waals surface area (Å²) in [5, 5.41) is 6.72. The van der Waals surface area contributed by atoms with Crippen molar-refractivity contribution < 1.29 is 9.32 Å². The maximum atomic E-state index is 11.9. The molecule has 1 rings (SSSR count). The summed E-state index contributed by atoms with van der Waals surface area (Å²) in [7, 11) is 0. The minimum atomic E-state index is -0.311. The fourth-order valence-corrected chi connectivity index (χ4v) is 1.75. The molecular weight excluding hydrogens is 230 g/mol. The lowest BCUT2D eigenvalue weighted by atomic mass is 9.94. The van der Waals surface area contributed by atoms with Gasteiger partial charge in [0.25, 0.3) is 0 Å². The zero-order valence-electron chi connectivity index (χ0n) is 11.7. The zero-order valence-corrected chi connectivity index (χ0v) is 11.7. The predicted molar refractivity (Wildman–Crippen MR) is 70.2 cm³/mol. The van der Waals surface area contributed by atoms with E-state index in [1.807, 2.05) is 27.7 Å². The summed E-state index contributed by atoms with van der Waals surface area (Å²) in [6.07, 6.45) is 1.98. The van der Waals surface area contributed by atoms with Gasteiger partial charge in [0.1, 0.15) is 5.76 Å². The van der Waals surface area contributed by atoms with Crippen LogP contribution in [-0.4, -0.2) is 23.1 Å². The number of hydrogen-bond acceptors (Lipinski definition) is 4. The van der Waals surface area contributed by atoms with E-state index >= 15 is 0 Å². The molecule has 18 heavy (non-hydrogen) atoms. The van der Waals surface area contributed by atoms with E-state index in [0.29, 0.717) is 18.7 Å². The lowest BCUT2D eigenvalue weighted by molar-refractivity contribution is -0.120. The molecule has 0 aliphatic rings. The van der Waals surface area contributed by atoms with Gasteiger partial charge in [-0.2, -0.15) is 0 Å². The van der Waals surface area contributed by atoms with E-state index in [1.165, 1.54) is 0 Å². The highest BCUT2D eigenvalue weighted by atomic mass is 16.5. The first-order valence-corrected chi connectivity index (χ1v) is 6.39. The maximum Gasteiger partial charge on any atom is 0.224 e. The van der Waals surface area contributed by atoms with E-state index in [1.54, 1.807) is 0 Å². The van der Waals surface area contributed by atoms with Gasteiger partial charge < -0.3 is 15.6 Å². The molecule has 5 heteroatoms. The third-order valence-corrected chi connectivity index (χ3v) is 3.56. The molecule has 0 unspecified atom stereocenters. The number of carbonyl (C=O) groups is 1. The Kier molecular flexibility index (Phi) is 4.90. The van der Waals surface area contributed by atoms with Gasteiger partial charge >= 0.3 is 0 Å². The summed E-state index contributed by atoms with van der Waals surface area (Å²) in [4.78, 5) is 11.9. The number of nitrogens with one attached hydrogen (secondary N) is 1. The molecule has 0 aliphatic heterocycles. The zero-order chi connectivity index (χ0) is 13.8. The molecule has 1 aromatic heterocycles. The summed E-state index contributed by atoms with van der Waals surface area (Å²) in [6, 6.07) is 0.